The van der Waals surface area contributed by atoms with Gasteiger partial charge in [0.25, 0.3) is 0 Å². The Balaban J connectivity index is 1.30. The molecule has 0 bridgehead atoms. The van der Waals surface area contributed by atoms with E-state index in [0.717, 1.165) is 6.42 Å². The van der Waals surface area contributed by atoms with Crippen molar-refractivity contribution in [1.29, 1.82) is 0 Å². The number of hydrogen-bond acceptors (Lipinski definition) is 2. The largest absolute Gasteiger partial charge is 0.465 e. The molecule has 3 aliphatic rings. The maximum absolute atomic E-state index is 13.1. The zero-order valence-corrected chi connectivity index (χ0v) is 17.2. The van der Waals surface area contributed by atoms with Crippen molar-refractivity contribution in [1.82, 2.24) is 0 Å². The SMILES string of the molecule is O=C(OC[C@@H]1CCC[NH+]2CCCC[C@H]12)[C@H]1CC1(c1ccccc1)c1ccccc1. The number of piperidine rings is 2. The Morgan fingerprint density at radius 3 is 2.24 bits per heavy atom. The van der Waals surface area contributed by atoms with Gasteiger partial charge >= 0.3 is 5.97 Å². The molecule has 5 rings (SSSR count). The van der Waals surface area contributed by atoms with Crippen molar-refractivity contribution in [2.45, 2.75) is 50.0 Å². The second-order valence-corrected chi connectivity index (χ2v) is 9.25. The second kappa shape index (κ2) is 7.95. The van der Waals surface area contributed by atoms with Crippen LogP contribution >= 0.6 is 0 Å². The number of esters is 1. The number of ether oxygens (including phenoxy) is 1. The third kappa shape index (κ3) is 3.50. The first kappa shape index (κ1) is 18.9. The van der Waals surface area contributed by atoms with Gasteiger partial charge in [-0.25, -0.2) is 0 Å². The molecule has 3 heteroatoms. The van der Waals surface area contributed by atoms with Crippen LogP contribution < -0.4 is 4.90 Å². The molecule has 3 fully saturated rings. The molecule has 4 atom stereocenters. The van der Waals surface area contributed by atoms with Gasteiger partial charge in [0.2, 0.25) is 0 Å². The van der Waals surface area contributed by atoms with Crippen LogP contribution in [0.4, 0.5) is 0 Å². The number of carbonyl (C=O) groups is 1. The van der Waals surface area contributed by atoms with E-state index in [9.17, 15) is 4.79 Å². The van der Waals surface area contributed by atoms with Crippen molar-refractivity contribution in [2.75, 3.05) is 19.7 Å². The molecule has 2 aromatic carbocycles. The van der Waals surface area contributed by atoms with Crippen LogP contribution in [0, 0.1) is 11.8 Å². The maximum atomic E-state index is 13.1. The van der Waals surface area contributed by atoms with E-state index >= 15 is 0 Å². The summed E-state index contributed by atoms with van der Waals surface area (Å²) in [6, 6.07) is 21.7. The molecule has 0 spiro atoms. The van der Waals surface area contributed by atoms with Gasteiger partial charge in [0.05, 0.1) is 31.7 Å². The summed E-state index contributed by atoms with van der Waals surface area (Å²) in [5, 5.41) is 0. The molecule has 2 heterocycles. The minimum Gasteiger partial charge on any atom is -0.465 e. The van der Waals surface area contributed by atoms with Gasteiger partial charge in [-0.3, -0.25) is 4.79 Å². The van der Waals surface area contributed by atoms with E-state index in [-0.39, 0.29) is 17.3 Å². The fourth-order valence-electron chi connectivity index (χ4n) is 6.09. The first-order valence-electron chi connectivity index (χ1n) is 11.4. The molecule has 29 heavy (non-hydrogen) atoms. The molecule has 2 aliphatic heterocycles. The lowest BCUT2D eigenvalue weighted by Gasteiger charge is -2.41. The fourth-order valence-corrected chi connectivity index (χ4v) is 6.09. The minimum absolute atomic E-state index is 0.000592. The van der Waals surface area contributed by atoms with Crippen LogP contribution in [0.5, 0.6) is 0 Å². The molecule has 0 radical (unpaired) electrons. The Labute approximate surface area is 174 Å². The highest BCUT2D eigenvalue weighted by molar-refractivity contribution is 5.81. The van der Waals surface area contributed by atoms with Crippen molar-refractivity contribution < 1.29 is 14.4 Å². The average Bonchev–Trinajstić information content (AvgIpc) is 3.56. The highest BCUT2D eigenvalue weighted by Gasteiger charge is 2.61. The van der Waals surface area contributed by atoms with Gasteiger partial charge in [0, 0.05) is 11.3 Å². The number of hydrogen-bond donors (Lipinski definition) is 1. The molecule has 2 aromatic rings. The van der Waals surface area contributed by atoms with E-state index in [2.05, 4.69) is 48.5 Å². The number of fused-ring (bicyclic) bond motifs is 1. The van der Waals surface area contributed by atoms with Crippen LogP contribution in [0.15, 0.2) is 60.7 Å². The molecule has 1 aliphatic carbocycles. The smallest absolute Gasteiger partial charge is 0.310 e. The van der Waals surface area contributed by atoms with E-state index in [4.69, 9.17) is 4.74 Å². The van der Waals surface area contributed by atoms with Crippen LogP contribution in [-0.2, 0) is 14.9 Å². The molecule has 1 unspecified atom stereocenters. The Hall–Kier alpha value is -2.13. The summed E-state index contributed by atoms with van der Waals surface area (Å²) in [6.07, 6.45) is 7.35. The highest BCUT2D eigenvalue weighted by Crippen LogP contribution is 2.59. The third-order valence-corrected chi connectivity index (χ3v) is 7.69. The first-order valence-corrected chi connectivity index (χ1v) is 11.4. The van der Waals surface area contributed by atoms with Crippen molar-refractivity contribution in [2.24, 2.45) is 11.8 Å². The van der Waals surface area contributed by atoms with E-state index in [1.54, 1.807) is 4.90 Å². The van der Waals surface area contributed by atoms with Gasteiger partial charge in [-0.1, -0.05) is 60.7 Å². The monoisotopic (exact) mass is 390 g/mol. The zero-order valence-electron chi connectivity index (χ0n) is 17.2. The summed E-state index contributed by atoms with van der Waals surface area (Å²) < 4.78 is 6.00. The van der Waals surface area contributed by atoms with E-state index < -0.39 is 0 Å². The lowest BCUT2D eigenvalue weighted by molar-refractivity contribution is -0.940. The highest BCUT2D eigenvalue weighted by atomic mass is 16.5. The molecule has 152 valence electrons. The predicted molar refractivity (Wildman–Crippen MR) is 114 cm³/mol. The summed E-state index contributed by atoms with van der Waals surface area (Å²) in [5.74, 6) is 0.482. The first-order chi connectivity index (χ1) is 14.3. The number of nitrogens with one attached hydrogen (secondary N) is 1. The lowest BCUT2D eigenvalue weighted by atomic mass is 9.84. The summed E-state index contributed by atoms with van der Waals surface area (Å²) in [5.41, 5.74) is 2.25. The topological polar surface area (TPSA) is 30.7 Å². The second-order valence-electron chi connectivity index (χ2n) is 9.25. The Kier molecular flexibility index (Phi) is 5.17. The molecular weight excluding hydrogens is 358 g/mol. The van der Waals surface area contributed by atoms with Crippen molar-refractivity contribution >= 4 is 5.97 Å². The van der Waals surface area contributed by atoms with Crippen LogP contribution in [-0.4, -0.2) is 31.7 Å². The van der Waals surface area contributed by atoms with Gasteiger partial charge in [0.15, 0.2) is 0 Å². The van der Waals surface area contributed by atoms with Gasteiger partial charge in [-0.05, 0) is 49.7 Å². The molecule has 3 nitrogen and oxygen atoms in total. The van der Waals surface area contributed by atoms with Crippen molar-refractivity contribution in [3.8, 4) is 0 Å². The summed E-state index contributed by atoms with van der Waals surface area (Å²) >= 11 is 0. The summed E-state index contributed by atoms with van der Waals surface area (Å²) in [4.78, 5) is 14.9. The average molecular weight is 391 g/mol. The van der Waals surface area contributed by atoms with Crippen LogP contribution in [0.25, 0.3) is 0 Å². The van der Waals surface area contributed by atoms with Crippen molar-refractivity contribution in [3.05, 3.63) is 71.8 Å². The summed E-state index contributed by atoms with van der Waals surface area (Å²) in [6.45, 7) is 3.23. The normalized spacial score (nSPS) is 30.2. The molecule has 0 aromatic heterocycles. The Bertz CT molecular complexity index is 793. The van der Waals surface area contributed by atoms with Crippen LogP contribution in [0.2, 0.25) is 0 Å². The number of quaternary nitrogens is 1. The maximum Gasteiger partial charge on any atom is 0.310 e. The number of carbonyl (C=O) groups excluding carboxylic acids is 1. The number of rotatable bonds is 5. The zero-order chi connectivity index (χ0) is 19.7. The van der Waals surface area contributed by atoms with Gasteiger partial charge < -0.3 is 9.64 Å². The van der Waals surface area contributed by atoms with Crippen LogP contribution in [0.3, 0.4) is 0 Å². The molecular formula is C26H32NO2+. The van der Waals surface area contributed by atoms with Gasteiger partial charge in [-0.15, -0.1) is 0 Å². The van der Waals surface area contributed by atoms with E-state index in [1.807, 2.05) is 12.1 Å². The Morgan fingerprint density at radius 2 is 1.55 bits per heavy atom. The molecule has 0 amide bonds. The van der Waals surface area contributed by atoms with Crippen molar-refractivity contribution in [3.63, 3.8) is 0 Å². The van der Waals surface area contributed by atoms with Gasteiger partial charge in [0.1, 0.15) is 0 Å². The van der Waals surface area contributed by atoms with E-state index in [1.165, 1.54) is 56.3 Å². The summed E-state index contributed by atoms with van der Waals surface area (Å²) in [7, 11) is 0. The predicted octanol–water partition coefficient (Wildman–Crippen LogP) is 3.38. The van der Waals surface area contributed by atoms with E-state index in [0.29, 0.717) is 18.6 Å². The fraction of sp³-hybridized carbons (Fsp3) is 0.500. The molecule has 2 saturated heterocycles. The third-order valence-electron chi connectivity index (χ3n) is 7.69. The Morgan fingerprint density at radius 1 is 0.897 bits per heavy atom. The standard InChI is InChI=1S/C26H31NO2/c28-25(29-19-20-10-9-17-27-16-8-7-15-24(20)27)23-18-26(23,21-11-3-1-4-12-21)22-13-5-2-6-14-22/h1-6,11-14,20,23-24H,7-10,15-19H2/p+1/t20-,23+,24+/m0/s1. The molecule has 1 N–H and O–H groups in total. The minimum atomic E-state index is -0.214. The lowest BCUT2D eigenvalue weighted by Crippen LogP contribution is -3.18. The van der Waals surface area contributed by atoms with Crippen LogP contribution in [0.1, 0.15) is 49.7 Å². The quantitative estimate of drug-likeness (QED) is 0.794. The number of benzene rings is 2. The van der Waals surface area contributed by atoms with Gasteiger partial charge in [-0.2, -0.15) is 0 Å². The molecule has 1 saturated carbocycles.